The number of rotatable bonds is 8. The number of aliphatic hydroxyl groups excluding tert-OH is 1. The van der Waals surface area contributed by atoms with E-state index in [9.17, 15) is 9.90 Å². The first-order valence-electron chi connectivity index (χ1n) is 9.94. The highest BCUT2D eigenvalue weighted by atomic mass is 35.5. The molecule has 4 rings (SSSR count). The third-order valence-corrected chi connectivity index (χ3v) is 5.08. The number of fused-ring (bicyclic) bond motifs is 1. The molecular weight excluding hydrogens is 414 g/mol. The van der Waals surface area contributed by atoms with Crippen molar-refractivity contribution in [1.82, 2.24) is 14.9 Å². The number of amides is 1. The summed E-state index contributed by atoms with van der Waals surface area (Å²) in [6.07, 6.45) is -0.767. The van der Waals surface area contributed by atoms with Gasteiger partial charge in [-0.1, -0.05) is 41.9 Å². The maximum atomic E-state index is 12.4. The first-order valence-corrected chi connectivity index (χ1v) is 10.3. The molecule has 1 amide bonds. The number of para-hydroxylation sites is 2. The van der Waals surface area contributed by atoms with Gasteiger partial charge in [0.25, 0.3) is 5.91 Å². The van der Waals surface area contributed by atoms with Gasteiger partial charge in [-0.25, -0.2) is 4.98 Å². The van der Waals surface area contributed by atoms with Crippen LogP contribution >= 0.6 is 11.6 Å². The fourth-order valence-corrected chi connectivity index (χ4v) is 3.43. The highest BCUT2D eigenvalue weighted by molar-refractivity contribution is 6.30. The zero-order chi connectivity index (χ0) is 21.6. The Kier molecular flexibility index (Phi) is 6.50. The zero-order valence-corrected chi connectivity index (χ0v) is 17.5. The van der Waals surface area contributed by atoms with E-state index < -0.39 is 6.10 Å². The molecule has 0 aliphatic carbocycles. The Balaban J connectivity index is 1.46. The molecule has 0 aliphatic rings. The van der Waals surface area contributed by atoms with E-state index in [0.29, 0.717) is 22.2 Å². The lowest BCUT2D eigenvalue weighted by molar-refractivity contribution is 0.0917. The van der Waals surface area contributed by atoms with E-state index in [4.69, 9.17) is 16.3 Å². The van der Waals surface area contributed by atoms with Gasteiger partial charge in [-0.05, 0) is 48.5 Å². The normalized spacial score (nSPS) is 11.9. The number of imidazole rings is 1. The Morgan fingerprint density at radius 3 is 2.52 bits per heavy atom. The summed E-state index contributed by atoms with van der Waals surface area (Å²) >= 11 is 5.89. The topological polar surface area (TPSA) is 76.4 Å². The fourth-order valence-electron chi connectivity index (χ4n) is 3.30. The summed E-state index contributed by atoms with van der Waals surface area (Å²) in [6, 6.07) is 23.7. The molecule has 0 radical (unpaired) electrons. The van der Waals surface area contributed by atoms with Crippen LogP contribution in [0.2, 0.25) is 5.02 Å². The van der Waals surface area contributed by atoms with Gasteiger partial charge in [0.2, 0.25) is 0 Å². The number of ether oxygens (including phenoxy) is 1. The molecule has 158 valence electrons. The highest BCUT2D eigenvalue weighted by Crippen LogP contribution is 2.18. The maximum Gasteiger partial charge on any atom is 0.251 e. The number of benzene rings is 3. The molecule has 4 aromatic rings. The number of halogens is 1. The SMILES string of the molecule is O=C(NCc1nc2ccccc2n1CC(O)COc1ccc(Cl)cc1)c1ccccc1. The maximum absolute atomic E-state index is 12.4. The van der Waals surface area contributed by atoms with Gasteiger partial charge < -0.3 is 19.7 Å². The van der Waals surface area contributed by atoms with Crippen molar-refractivity contribution in [3.8, 4) is 5.75 Å². The van der Waals surface area contributed by atoms with E-state index in [-0.39, 0.29) is 25.6 Å². The Hall–Kier alpha value is -3.35. The van der Waals surface area contributed by atoms with Crippen LogP contribution in [0.1, 0.15) is 16.2 Å². The van der Waals surface area contributed by atoms with E-state index in [2.05, 4.69) is 10.3 Å². The summed E-state index contributed by atoms with van der Waals surface area (Å²) in [5.41, 5.74) is 2.27. The molecule has 3 aromatic carbocycles. The number of nitrogens with one attached hydrogen (secondary N) is 1. The van der Waals surface area contributed by atoms with Crippen LogP contribution in [-0.2, 0) is 13.1 Å². The summed E-state index contributed by atoms with van der Waals surface area (Å²) in [4.78, 5) is 17.1. The Morgan fingerprint density at radius 1 is 1.03 bits per heavy atom. The molecule has 1 unspecified atom stereocenters. The largest absolute Gasteiger partial charge is 0.491 e. The van der Waals surface area contributed by atoms with E-state index in [1.807, 2.05) is 47.0 Å². The minimum atomic E-state index is -0.767. The summed E-state index contributed by atoms with van der Waals surface area (Å²) in [7, 11) is 0. The first-order chi connectivity index (χ1) is 15.1. The van der Waals surface area contributed by atoms with Crippen molar-refractivity contribution in [2.75, 3.05) is 6.61 Å². The molecule has 2 N–H and O–H groups in total. The van der Waals surface area contributed by atoms with Gasteiger partial charge in [-0.3, -0.25) is 4.79 Å². The highest BCUT2D eigenvalue weighted by Gasteiger charge is 2.16. The number of carbonyl (C=O) groups is 1. The third kappa shape index (κ3) is 5.23. The number of aliphatic hydroxyl groups is 1. The van der Waals surface area contributed by atoms with Crippen LogP contribution in [0, 0.1) is 0 Å². The van der Waals surface area contributed by atoms with E-state index in [0.717, 1.165) is 11.0 Å². The minimum absolute atomic E-state index is 0.115. The summed E-state index contributed by atoms with van der Waals surface area (Å²) < 4.78 is 7.58. The molecule has 1 aromatic heterocycles. The third-order valence-electron chi connectivity index (χ3n) is 4.83. The molecule has 31 heavy (non-hydrogen) atoms. The monoisotopic (exact) mass is 435 g/mol. The van der Waals surface area contributed by atoms with Gasteiger partial charge in [0.1, 0.15) is 24.3 Å². The number of carbonyl (C=O) groups excluding carboxylic acids is 1. The van der Waals surface area contributed by atoms with Gasteiger partial charge in [-0.2, -0.15) is 0 Å². The average molecular weight is 436 g/mol. The van der Waals surface area contributed by atoms with Gasteiger partial charge in [-0.15, -0.1) is 0 Å². The van der Waals surface area contributed by atoms with Gasteiger partial charge in [0.15, 0.2) is 0 Å². The molecule has 0 spiro atoms. The molecule has 0 saturated carbocycles. The Labute approximate surface area is 185 Å². The molecule has 0 aliphatic heterocycles. The second-order valence-corrected chi connectivity index (χ2v) is 7.53. The smallest absolute Gasteiger partial charge is 0.251 e. The van der Waals surface area contributed by atoms with Crippen molar-refractivity contribution < 1.29 is 14.6 Å². The van der Waals surface area contributed by atoms with Crippen LogP contribution in [-0.4, -0.2) is 33.3 Å². The molecule has 0 saturated heterocycles. The van der Waals surface area contributed by atoms with Gasteiger partial charge in [0, 0.05) is 10.6 Å². The van der Waals surface area contributed by atoms with Crippen molar-refractivity contribution in [3.63, 3.8) is 0 Å². The molecule has 1 atom stereocenters. The summed E-state index contributed by atoms with van der Waals surface area (Å²) in [5, 5.41) is 14.1. The number of hydrogen-bond acceptors (Lipinski definition) is 4. The Bertz CT molecular complexity index is 1160. The van der Waals surface area contributed by atoms with Crippen molar-refractivity contribution in [2.24, 2.45) is 0 Å². The number of aromatic nitrogens is 2. The predicted octanol–water partition coefficient (Wildman–Crippen LogP) is 4.06. The summed E-state index contributed by atoms with van der Waals surface area (Å²) in [5.74, 6) is 1.12. The lowest BCUT2D eigenvalue weighted by Gasteiger charge is -2.16. The number of hydrogen-bond donors (Lipinski definition) is 2. The molecule has 7 heteroatoms. The fraction of sp³-hybridized carbons (Fsp3) is 0.167. The quantitative estimate of drug-likeness (QED) is 0.437. The van der Waals surface area contributed by atoms with Crippen molar-refractivity contribution in [1.29, 1.82) is 0 Å². The first kappa shape index (κ1) is 20.9. The second-order valence-electron chi connectivity index (χ2n) is 7.09. The van der Waals surface area contributed by atoms with E-state index in [1.165, 1.54) is 0 Å². The van der Waals surface area contributed by atoms with Crippen molar-refractivity contribution in [3.05, 3.63) is 95.3 Å². The van der Waals surface area contributed by atoms with Crippen LogP contribution in [0.5, 0.6) is 5.75 Å². The molecule has 1 heterocycles. The van der Waals surface area contributed by atoms with Crippen LogP contribution in [0.3, 0.4) is 0 Å². The van der Waals surface area contributed by atoms with Crippen LogP contribution in [0.15, 0.2) is 78.9 Å². The predicted molar refractivity (Wildman–Crippen MR) is 120 cm³/mol. The lowest BCUT2D eigenvalue weighted by Crippen LogP contribution is -2.28. The van der Waals surface area contributed by atoms with E-state index >= 15 is 0 Å². The second kappa shape index (κ2) is 9.64. The van der Waals surface area contributed by atoms with Crippen LogP contribution in [0.4, 0.5) is 0 Å². The molecule has 0 fully saturated rings. The van der Waals surface area contributed by atoms with Crippen molar-refractivity contribution >= 4 is 28.5 Å². The number of nitrogens with zero attached hydrogens (tertiary/aromatic N) is 2. The minimum Gasteiger partial charge on any atom is -0.491 e. The zero-order valence-electron chi connectivity index (χ0n) is 16.7. The lowest BCUT2D eigenvalue weighted by atomic mass is 10.2. The van der Waals surface area contributed by atoms with Crippen LogP contribution < -0.4 is 10.1 Å². The van der Waals surface area contributed by atoms with Crippen molar-refractivity contribution in [2.45, 2.75) is 19.2 Å². The average Bonchev–Trinajstić information content (AvgIpc) is 3.15. The summed E-state index contributed by atoms with van der Waals surface area (Å²) in [6.45, 7) is 0.641. The van der Waals surface area contributed by atoms with Gasteiger partial charge in [0.05, 0.1) is 24.1 Å². The van der Waals surface area contributed by atoms with Gasteiger partial charge >= 0.3 is 0 Å². The molecule has 6 nitrogen and oxygen atoms in total. The van der Waals surface area contributed by atoms with Crippen LogP contribution in [0.25, 0.3) is 11.0 Å². The molecular formula is C24H22ClN3O3. The molecule has 0 bridgehead atoms. The van der Waals surface area contributed by atoms with E-state index in [1.54, 1.807) is 36.4 Å². The Morgan fingerprint density at radius 2 is 1.74 bits per heavy atom. The standard InChI is InChI=1S/C24H22ClN3O3/c25-18-10-12-20(13-11-18)31-16-19(29)15-28-22-9-5-4-8-21(22)27-23(28)14-26-24(30)17-6-2-1-3-7-17/h1-13,19,29H,14-16H2,(H,26,30).